The predicted molar refractivity (Wildman–Crippen MR) is 255 cm³/mol. The Bertz CT molecular complexity index is 2680. The smallest absolute Gasteiger partial charge is 0.424 e. The average Bonchev–Trinajstić information content (AvgIpc) is 4.03. The largest absolute Gasteiger partial charge is 0.435 e. The number of aromatic nitrogens is 2. The number of halogens is 3. The molecule has 3 aromatic carbocycles. The Morgan fingerprint density at radius 3 is 2.26 bits per heavy atom. The number of nitrogens with zero attached hydrogens (tertiary/aromatic N) is 5. The van der Waals surface area contributed by atoms with Crippen molar-refractivity contribution in [2.45, 2.75) is 112 Å². The zero-order valence-electron chi connectivity index (χ0n) is 38.2. The van der Waals surface area contributed by atoms with Crippen LogP contribution in [0.3, 0.4) is 0 Å². The minimum atomic E-state index is -4.90. The molecule has 0 unspecified atom stereocenters. The van der Waals surface area contributed by atoms with Crippen molar-refractivity contribution in [3.63, 3.8) is 0 Å². The Labute approximate surface area is 406 Å². The van der Waals surface area contributed by atoms with E-state index in [0.29, 0.717) is 49.5 Å². The second-order valence-electron chi connectivity index (χ2n) is 16.9. The number of fused-ring (bicyclic) bond motifs is 1. The normalized spacial score (nSPS) is 16.8. The molecule has 2 fully saturated rings. The molecule has 6 rings (SSSR count). The van der Waals surface area contributed by atoms with Crippen molar-refractivity contribution in [3.8, 4) is 22.7 Å². The maximum atomic E-state index is 14.1. The van der Waals surface area contributed by atoms with Crippen molar-refractivity contribution in [2.75, 3.05) is 18.8 Å². The van der Waals surface area contributed by atoms with E-state index >= 15 is 0 Å². The molecule has 7 N–H and O–H groups in total. The fraction of sp³-hybridized carbons (Fsp3) is 0.435. The van der Waals surface area contributed by atoms with E-state index < -0.39 is 39.8 Å². The number of carbonyl (C=O) groups excluding carboxylic acids is 5. The predicted octanol–water partition coefficient (Wildman–Crippen LogP) is 6.85. The van der Waals surface area contributed by atoms with Gasteiger partial charge in [-0.05, 0) is 118 Å². The number of alkyl halides is 3. The third kappa shape index (κ3) is 14.9. The molecule has 4 aromatic rings. The summed E-state index contributed by atoms with van der Waals surface area (Å²) in [6.07, 6.45) is 1.25. The molecule has 24 heteroatoms. The first-order chi connectivity index (χ1) is 33.4. The number of unbranched alkanes of at least 4 members (excludes halogenated alkanes) is 4. The van der Waals surface area contributed by atoms with Gasteiger partial charge in [0.25, 0.3) is 5.91 Å². The molecule has 374 valence electrons. The summed E-state index contributed by atoms with van der Waals surface area (Å²) in [5.74, 6) is -1.05. The Hall–Kier alpha value is -6.62. The lowest BCUT2D eigenvalue weighted by atomic mass is 10.0. The third-order valence-corrected chi connectivity index (χ3v) is 14.1. The van der Waals surface area contributed by atoms with E-state index in [1.54, 1.807) is 13.0 Å². The van der Waals surface area contributed by atoms with Crippen LogP contribution in [0, 0.1) is 6.92 Å². The van der Waals surface area contributed by atoms with Crippen molar-refractivity contribution < 1.29 is 50.3 Å². The molecule has 0 aliphatic carbocycles. The number of benzene rings is 3. The van der Waals surface area contributed by atoms with Crippen LogP contribution in [0.4, 0.5) is 23.7 Å². The monoisotopic (exact) mass is 1010 g/mol. The topological polar surface area (TPSA) is 281 Å². The van der Waals surface area contributed by atoms with E-state index in [1.165, 1.54) is 48.5 Å². The van der Waals surface area contributed by atoms with Crippen molar-refractivity contribution >= 4 is 57.2 Å². The first-order valence-corrected chi connectivity index (χ1v) is 25.3. The van der Waals surface area contributed by atoms with Gasteiger partial charge in [-0.2, -0.15) is 30.0 Å². The van der Waals surface area contributed by atoms with Crippen molar-refractivity contribution in [1.29, 1.82) is 0 Å². The lowest BCUT2D eigenvalue weighted by Gasteiger charge is -2.19. The standard InChI is InChI=1S/C46H54F3N11O8S2/c1-28-13-22-33(36-26-39(46(47,48)49)58-60(36)31-18-20-32(21-19-31)70(51,66)67)37(25-28)68-44(64)34(54-43(63)29-14-16-30(17-15-29)57-59-50)9-6-8-24-53-40(61)11-3-2-7-23-52-41(62)12-5-4-10-38-42-35(27-69-38)55-45(65)56-42/h13-22,25-26,34-35,38,42H,2-12,23-24,27H2,1H3,(H,52,62)(H,53,61)(H,54,63)(H2,51,66,67)(H2,55,56,65)/t34-,35+,38+,42-/m1/s1. The van der Waals surface area contributed by atoms with Crippen molar-refractivity contribution in [1.82, 2.24) is 36.4 Å². The number of azide groups is 1. The highest BCUT2D eigenvalue weighted by Crippen LogP contribution is 2.38. The van der Waals surface area contributed by atoms with Crippen LogP contribution in [0.1, 0.15) is 92.2 Å². The number of aryl methyl sites for hydroxylation is 1. The molecule has 5 amide bonds. The molecule has 2 aliphatic rings. The number of nitrogens with two attached hydrogens (primary N) is 1. The van der Waals surface area contributed by atoms with Crippen LogP contribution in [0.5, 0.6) is 5.75 Å². The van der Waals surface area contributed by atoms with Gasteiger partial charge in [-0.3, -0.25) is 14.4 Å². The molecule has 0 bridgehead atoms. The summed E-state index contributed by atoms with van der Waals surface area (Å²) < 4.78 is 72.9. The van der Waals surface area contributed by atoms with Gasteiger partial charge in [0, 0.05) is 58.7 Å². The van der Waals surface area contributed by atoms with Crippen LogP contribution in [0.15, 0.2) is 82.8 Å². The number of amides is 5. The molecular weight excluding hydrogens is 956 g/mol. The summed E-state index contributed by atoms with van der Waals surface area (Å²) in [7, 11) is -4.12. The number of carbonyl (C=O) groups is 5. The number of esters is 1. The number of urea groups is 1. The number of hydrogen-bond donors (Lipinski definition) is 6. The number of primary sulfonamides is 1. The quantitative estimate of drug-likeness (QED) is 0.00808. The maximum absolute atomic E-state index is 14.1. The van der Waals surface area contributed by atoms with Gasteiger partial charge in [0.1, 0.15) is 11.8 Å². The molecule has 4 atom stereocenters. The molecule has 1 aromatic heterocycles. The minimum absolute atomic E-state index is 0.0116. The lowest BCUT2D eigenvalue weighted by molar-refractivity contribution is -0.141. The summed E-state index contributed by atoms with van der Waals surface area (Å²) in [6, 6.07) is 14.4. The Kier molecular flexibility index (Phi) is 18.3. The van der Waals surface area contributed by atoms with Gasteiger partial charge in [-0.15, -0.1) is 0 Å². The first kappa shape index (κ1) is 52.7. The molecule has 0 saturated carbocycles. The van der Waals surface area contributed by atoms with Crippen LogP contribution in [0.2, 0.25) is 0 Å². The highest BCUT2D eigenvalue weighted by atomic mass is 32.2. The van der Waals surface area contributed by atoms with Gasteiger partial charge in [0.15, 0.2) is 5.69 Å². The Morgan fingerprint density at radius 1 is 0.929 bits per heavy atom. The van der Waals surface area contributed by atoms with Crippen LogP contribution >= 0.6 is 11.8 Å². The zero-order chi connectivity index (χ0) is 50.4. The second kappa shape index (κ2) is 24.3. The summed E-state index contributed by atoms with van der Waals surface area (Å²) in [5, 5.41) is 27.2. The SMILES string of the molecule is Cc1ccc(-c2cc(C(F)(F)F)nn2-c2ccc(S(N)(=O)=O)cc2)c(OC(=O)[C@@H](CCCCNC(=O)CCCCCNC(=O)CCCC[C@@H]2SC[C@@H]3NC(=O)N[C@H]32)NC(=O)c2ccc(N=[N+]=[N-])cc2)c1. The second-order valence-corrected chi connectivity index (χ2v) is 19.8. The summed E-state index contributed by atoms with van der Waals surface area (Å²) >= 11 is 1.85. The van der Waals surface area contributed by atoms with Crippen molar-refractivity contribution in [2.24, 2.45) is 10.3 Å². The van der Waals surface area contributed by atoms with Gasteiger partial charge in [0.05, 0.1) is 28.4 Å². The first-order valence-electron chi connectivity index (χ1n) is 22.7. The van der Waals surface area contributed by atoms with Gasteiger partial charge in [-0.1, -0.05) is 36.2 Å². The van der Waals surface area contributed by atoms with E-state index in [-0.39, 0.29) is 88.2 Å². The van der Waals surface area contributed by atoms with Crippen LogP contribution in [0.25, 0.3) is 27.4 Å². The molecule has 2 saturated heterocycles. The minimum Gasteiger partial charge on any atom is -0.424 e. The Morgan fingerprint density at radius 2 is 1.60 bits per heavy atom. The van der Waals surface area contributed by atoms with E-state index in [4.69, 9.17) is 15.4 Å². The van der Waals surface area contributed by atoms with Gasteiger partial charge in [0.2, 0.25) is 21.8 Å². The van der Waals surface area contributed by atoms with E-state index in [9.17, 15) is 45.6 Å². The van der Waals surface area contributed by atoms with E-state index in [1.807, 2.05) is 11.8 Å². The third-order valence-electron chi connectivity index (χ3n) is 11.6. The number of sulfonamides is 1. The molecular formula is C46H54F3N11O8S2. The van der Waals surface area contributed by atoms with Crippen LogP contribution in [-0.2, 0) is 30.6 Å². The molecule has 0 spiro atoms. The van der Waals surface area contributed by atoms with Gasteiger partial charge < -0.3 is 31.3 Å². The van der Waals surface area contributed by atoms with Gasteiger partial charge in [-0.25, -0.2) is 27.8 Å². The Balaban J connectivity index is 1.01. The molecule has 3 heterocycles. The highest BCUT2D eigenvalue weighted by molar-refractivity contribution is 8.00. The zero-order valence-corrected chi connectivity index (χ0v) is 39.8. The summed E-state index contributed by atoms with van der Waals surface area (Å²) in [4.78, 5) is 66.4. The number of hydrogen-bond acceptors (Lipinski definition) is 11. The maximum Gasteiger partial charge on any atom is 0.435 e. The number of nitrogens with one attached hydrogen (secondary N) is 5. The fourth-order valence-corrected chi connectivity index (χ4v) is 10.0. The molecule has 70 heavy (non-hydrogen) atoms. The van der Waals surface area contributed by atoms with Gasteiger partial charge >= 0.3 is 18.2 Å². The van der Waals surface area contributed by atoms with Crippen LogP contribution < -0.4 is 36.5 Å². The van der Waals surface area contributed by atoms with Crippen LogP contribution in [-0.4, -0.2) is 90.1 Å². The summed E-state index contributed by atoms with van der Waals surface area (Å²) in [5.41, 5.74) is 8.33. The van der Waals surface area contributed by atoms with E-state index in [2.05, 4.69) is 41.7 Å². The number of rotatable bonds is 24. The number of ether oxygens (including phenoxy) is 1. The lowest BCUT2D eigenvalue weighted by Crippen LogP contribution is -2.43. The van der Waals surface area contributed by atoms with Crippen molar-refractivity contribution in [3.05, 3.63) is 100 Å². The van der Waals surface area contributed by atoms with E-state index in [0.717, 1.165) is 54.3 Å². The summed E-state index contributed by atoms with van der Waals surface area (Å²) in [6.45, 7) is 2.45. The number of thioether (sulfide) groups is 1. The molecule has 19 nitrogen and oxygen atoms in total. The average molecular weight is 1010 g/mol. The fourth-order valence-electron chi connectivity index (χ4n) is 7.98. The molecule has 0 radical (unpaired) electrons. The molecule has 2 aliphatic heterocycles. The highest BCUT2D eigenvalue weighted by Gasteiger charge is 2.42.